The molecule has 1 atom stereocenters. The molecule has 4 rings (SSSR count). The molecule has 1 heterocycles. The fraction of sp³-hybridized carbons (Fsp3) is 0.227. The minimum atomic E-state index is -4.86. The molecule has 2 aromatic carbocycles. The Hall–Kier alpha value is -3.28. The maximum absolute atomic E-state index is 13.4. The van der Waals surface area contributed by atoms with Gasteiger partial charge in [-0.25, -0.2) is 9.59 Å². The summed E-state index contributed by atoms with van der Waals surface area (Å²) < 4.78 is 46.9. The van der Waals surface area contributed by atoms with Crippen LogP contribution in [0.15, 0.2) is 59.2 Å². The van der Waals surface area contributed by atoms with Gasteiger partial charge in [0.15, 0.2) is 0 Å². The maximum Gasteiger partial charge on any atom is 0.573 e. The third-order valence-corrected chi connectivity index (χ3v) is 5.77. The zero-order valence-corrected chi connectivity index (χ0v) is 19.1. The SMILES string of the molecule is O=C(N1COC2(C(=O)O)Cc3cc(Cl)ccc3C2=N1)N(CC=CCl)c1ccc(OC(F)(F)F)cc1. The zero-order valence-electron chi connectivity index (χ0n) is 17.6. The number of halogens is 5. The molecule has 35 heavy (non-hydrogen) atoms. The third kappa shape index (κ3) is 4.93. The molecule has 1 unspecified atom stereocenters. The molecular formula is C22H16Cl2F3N3O5. The highest BCUT2D eigenvalue weighted by Gasteiger charge is 2.54. The van der Waals surface area contributed by atoms with E-state index in [1.807, 2.05) is 0 Å². The molecule has 2 aliphatic rings. The minimum Gasteiger partial charge on any atom is -0.479 e. The lowest BCUT2D eigenvalue weighted by Crippen LogP contribution is -2.55. The van der Waals surface area contributed by atoms with Gasteiger partial charge in [-0.1, -0.05) is 35.3 Å². The second-order valence-corrected chi connectivity index (χ2v) is 8.22. The predicted octanol–water partition coefficient (Wildman–Crippen LogP) is 4.99. The summed E-state index contributed by atoms with van der Waals surface area (Å²) in [5.41, 5.74) is 0.740. The number of amides is 2. The molecule has 0 aromatic heterocycles. The standard InChI is InChI=1S/C22H16Cl2F3N3O5/c23-8-1-9-29(15-3-5-16(6-4-15)35-22(25,26)27)20(33)30-12-34-21(19(31)32)11-13-10-14(24)2-7-17(13)18(21)28-30/h1-8,10H,9,11-12H2,(H,31,32). The van der Waals surface area contributed by atoms with Crippen molar-refractivity contribution in [2.45, 2.75) is 18.4 Å². The highest BCUT2D eigenvalue weighted by Crippen LogP contribution is 2.38. The van der Waals surface area contributed by atoms with Crippen LogP contribution in [0.4, 0.5) is 23.7 Å². The number of aliphatic carboxylic acids is 1. The van der Waals surface area contributed by atoms with Crippen molar-refractivity contribution in [3.63, 3.8) is 0 Å². The fourth-order valence-corrected chi connectivity index (χ4v) is 4.10. The predicted molar refractivity (Wildman–Crippen MR) is 121 cm³/mol. The second kappa shape index (κ2) is 9.40. The Balaban J connectivity index is 1.67. The molecule has 184 valence electrons. The number of nitrogens with zero attached hydrogens (tertiary/aromatic N) is 3. The zero-order chi connectivity index (χ0) is 25.4. The molecule has 2 amide bonds. The lowest BCUT2D eigenvalue weighted by atomic mass is 9.98. The summed E-state index contributed by atoms with van der Waals surface area (Å²) in [7, 11) is 0. The Labute approximate surface area is 206 Å². The van der Waals surface area contributed by atoms with Crippen molar-refractivity contribution in [2.75, 3.05) is 18.2 Å². The summed E-state index contributed by atoms with van der Waals surface area (Å²) in [6.07, 6.45) is -3.44. The number of hydrogen-bond acceptors (Lipinski definition) is 5. The quantitative estimate of drug-likeness (QED) is 0.589. The van der Waals surface area contributed by atoms with E-state index in [4.69, 9.17) is 27.9 Å². The van der Waals surface area contributed by atoms with Crippen LogP contribution in [0.5, 0.6) is 5.75 Å². The van der Waals surface area contributed by atoms with E-state index in [0.29, 0.717) is 16.1 Å². The van der Waals surface area contributed by atoms with Gasteiger partial charge in [0, 0.05) is 34.8 Å². The van der Waals surface area contributed by atoms with E-state index < -0.39 is 36.4 Å². The summed E-state index contributed by atoms with van der Waals surface area (Å²) in [6, 6.07) is 8.69. The summed E-state index contributed by atoms with van der Waals surface area (Å²) in [6.45, 7) is -0.536. The fourth-order valence-electron chi connectivity index (χ4n) is 3.83. The van der Waals surface area contributed by atoms with Crippen molar-refractivity contribution in [1.29, 1.82) is 0 Å². The Morgan fingerprint density at radius 1 is 1.26 bits per heavy atom. The number of carboxylic acid groups (broad SMARTS) is 1. The van der Waals surface area contributed by atoms with Crippen molar-refractivity contribution in [1.82, 2.24) is 5.01 Å². The number of ether oxygens (including phenoxy) is 2. The van der Waals surface area contributed by atoms with E-state index in [2.05, 4.69) is 9.84 Å². The number of benzene rings is 2. The number of urea groups is 1. The third-order valence-electron chi connectivity index (χ3n) is 5.35. The van der Waals surface area contributed by atoms with Gasteiger partial charge in [0.1, 0.15) is 18.2 Å². The van der Waals surface area contributed by atoms with E-state index in [-0.39, 0.29) is 24.4 Å². The average molecular weight is 530 g/mol. The number of hydrazone groups is 1. The Morgan fingerprint density at radius 3 is 2.60 bits per heavy atom. The summed E-state index contributed by atoms with van der Waals surface area (Å²) in [5.74, 6) is -1.73. The number of carbonyl (C=O) groups excluding carboxylic acids is 1. The van der Waals surface area contributed by atoms with E-state index in [9.17, 15) is 27.9 Å². The topological polar surface area (TPSA) is 91.7 Å². The minimum absolute atomic E-state index is 0.0154. The van der Waals surface area contributed by atoms with Crippen molar-refractivity contribution < 1.29 is 37.3 Å². The van der Waals surface area contributed by atoms with Crippen LogP contribution in [-0.2, 0) is 16.0 Å². The van der Waals surface area contributed by atoms with Crippen molar-refractivity contribution in [2.24, 2.45) is 5.10 Å². The molecule has 2 aromatic rings. The molecule has 1 aliphatic heterocycles. The number of carbonyl (C=O) groups is 2. The molecule has 8 nitrogen and oxygen atoms in total. The number of carboxylic acids is 1. The molecule has 0 spiro atoms. The van der Waals surface area contributed by atoms with E-state index in [0.717, 1.165) is 17.1 Å². The van der Waals surface area contributed by atoms with Gasteiger partial charge in [0.05, 0.1) is 0 Å². The second-order valence-electron chi connectivity index (χ2n) is 7.53. The Bertz CT molecular complexity index is 1220. The first-order chi connectivity index (χ1) is 16.5. The monoisotopic (exact) mass is 529 g/mol. The van der Waals surface area contributed by atoms with Crippen LogP contribution in [0, 0.1) is 0 Å². The molecular weight excluding hydrogens is 514 g/mol. The number of rotatable bonds is 5. The summed E-state index contributed by atoms with van der Waals surface area (Å²) in [4.78, 5) is 26.7. The summed E-state index contributed by atoms with van der Waals surface area (Å²) >= 11 is 11.7. The van der Waals surface area contributed by atoms with Gasteiger partial charge in [-0.15, -0.1) is 13.2 Å². The highest BCUT2D eigenvalue weighted by atomic mass is 35.5. The lowest BCUT2D eigenvalue weighted by Gasteiger charge is -2.35. The smallest absolute Gasteiger partial charge is 0.479 e. The van der Waals surface area contributed by atoms with Crippen LogP contribution in [0.3, 0.4) is 0 Å². The van der Waals surface area contributed by atoms with E-state index in [1.54, 1.807) is 18.2 Å². The van der Waals surface area contributed by atoms with Crippen molar-refractivity contribution in [3.05, 3.63) is 70.2 Å². The maximum atomic E-state index is 13.4. The molecule has 0 saturated carbocycles. The van der Waals surface area contributed by atoms with Gasteiger partial charge in [-0.2, -0.15) is 10.1 Å². The van der Waals surface area contributed by atoms with Gasteiger partial charge in [-0.3, -0.25) is 4.90 Å². The molecule has 0 radical (unpaired) electrons. The average Bonchev–Trinajstić information content (AvgIpc) is 3.13. The molecule has 0 bridgehead atoms. The number of alkyl halides is 3. The van der Waals surface area contributed by atoms with Gasteiger partial charge in [0.2, 0.25) is 5.60 Å². The Kier molecular flexibility index (Phi) is 6.67. The first-order valence-corrected chi connectivity index (χ1v) is 10.8. The largest absolute Gasteiger partial charge is 0.573 e. The van der Waals surface area contributed by atoms with Crippen LogP contribution >= 0.6 is 23.2 Å². The highest BCUT2D eigenvalue weighted by molar-refractivity contribution is 6.31. The van der Waals surface area contributed by atoms with Crippen LogP contribution in [0.1, 0.15) is 11.1 Å². The lowest BCUT2D eigenvalue weighted by molar-refractivity contribution is -0.274. The van der Waals surface area contributed by atoms with Crippen LogP contribution in [-0.4, -0.2) is 53.1 Å². The molecule has 13 heteroatoms. The number of anilines is 1. The van der Waals surface area contributed by atoms with Gasteiger partial charge in [-0.05, 0) is 42.0 Å². The summed E-state index contributed by atoms with van der Waals surface area (Å²) in [5, 5.41) is 15.6. The number of fused-ring (bicyclic) bond motifs is 3. The van der Waals surface area contributed by atoms with Gasteiger partial charge in [0.25, 0.3) is 0 Å². The van der Waals surface area contributed by atoms with Crippen molar-refractivity contribution in [3.8, 4) is 5.75 Å². The molecule has 1 N–H and O–H groups in total. The normalized spacial score (nSPS) is 19.2. The van der Waals surface area contributed by atoms with E-state index in [1.165, 1.54) is 28.6 Å². The molecule has 0 fully saturated rings. The first kappa shape index (κ1) is 24.8. The number of hydrogen-bond donors (Lipinski definition) is 1. The van der Waals surface area contributed by atoms with Crippen molar-refractivity contribution >= 4 is 46.6 Å². The van der Waals surface area contributed by atoms with Crippen LogP contribution in [0.2, 0.25) is 5.02 Å². The van der Waals surface area contributed by atoms with Gasteiger partial charge < -0.3 is 14.6 Å². The first-order valence-electron chi connectivity index (χ1n) is 9.99. The van der Waals surface area contributed by atoms with Crippen LogP contribution < -0.4 is 9.64 Å². The van der Waals surface area contributed by atoms with Crippen LogP contribution in [0.25, 0.3) is 0 Å². The Morgan fingerprint density at radius 2 is 1.97 bits per heavy atom. The van der Waals surface area contributed by atoms with E-state index >= 15 is 0 Å². The van der Waals surface area contributed by atoms with Gasteiger partial charge >= 0.3 is 18.4 Å². The molecule has 0 saturated heterocycles. The molecule has 1 aliphatic carbocycles.